The van der Waals surface area contributed by atoms with E-state index in [9.17, 15) is 18.0 Å². The molecule has 1 heterocycles. The highest BCUT2D eigenvalue weighted by Crippen LogP contribution is 2.40. The highest BCUT2D eigenvalue weighted by atomic mass is 79.9. The maximum Gasteiger partial charge on any atom is 0.425 e. The molecule has 1 aliphatic rings. The molecule has 1 aliphatic carbocycles. The van der Waals surface area contributed by atoms with Crippen LogP contribution < -0.4 is 15.8 Å². The molecule has 2 rings (SSSR count). The van der Waals surface area contributed by atoms with E-state index in [4.69, 9.17) is 15.7 Å². The third-order valence-corrected chi connectivity index (χ3v) is 4.82. The van der Waals surface area contributed by atoms with Gasteiger partial charge in [0.15, 0.2) is 11.9 Å². The van der Waals surface area contributed by atoms with E-state index >= 15 is 0 Å². The molecule has 11 heteroatoms. The number of aromatic nitrogens is 1. The van der Waals surface area contributed by atoms with Crippen LogP contribution in [0.3, 0.4) is 0 Å². The van der Waals surface area contributed by atoms with Crippen LogP contribution in [0.15, 0.2) is 21.9 Å². The topological polar surface area (TPSA) is 110 Å². The molecule has 0 bridgehead atoms. The minimum absolute atomic E-state index is 0.00114. The Morgan fingerprint density at radius 1 is 1.54 bits per heavy atom. The first-order valence-corrected chi connectivity index (χ1v) is 8.47. The molecule has 1 aromatic heterocycles. The summed E-state index contributed by atoms with van der Waals surface area (Å²) in [6.07, 6.45) is -3.87. The number of hydrogen-bond donors (Lipinski definition) is 3. The zero-order chi connectivity index (χ0) is 19.7. The molecule has 7 nitrogen and oxygen atoms in total. The van der Waals surface area contributed by atoms with Crippen molar-refractivity contribution in [2.24, 2.45) is 16.8 Å². The number of nitrogens with one attached hydrogen (secondary N) is 1. The normalized spacial score (nSPS) is 18.8. The molecule has 2 atom stereocenters. The largest absolute Gasteiger partial charge is 0.480 e. The summed E-state index contributed by atoms with van der Waals surface area (Å²) in [7, 11) is 0. The molecular weight excluding hydrogens is 421 g/mol. The average molecular weight is 439 g/mol. The van der Waals surface area contributed by atoms with Crippen molar-refractivity contribution in [1.29, 1.82) is 0 Å². The van der Waals surface area contributed by atoms with Crippen LogP contribution in [0.4, 0.5) is 13.2 Å². The number of amides is 1. The third-order valence-electron chi connectivity index (χ3n) is 4.22. The Hall–Kier alpha value is -2.04. The predicted octanol–water partition coefficient (Wildman–Crippen LogP) is 2.82. The summed E-state index contributed by atoms with van der Waals surface area (Å²) in [5.41, 5.74) is 4.45. The van der Waals surface area contributed by atoms with Gasteiger partial charge in [0.25, 0.3) is 5.91 Å². The average Bonchev–Trinajstić information content (AvgIpc) is 3.40. The van der Waals surface area contributed by atoms with Gasteiger partial charge in [0.2, 0.25) is 0 Å². The number of amidine groups is 1. The van der Waals surface area contributed by atoms with E-state index < -0.39 is 23.7 Å². The molecule has 0 aromatic carbocycles. The maximum absolute atomic E-state index is 12.7. The molecule has 0 saturated heterocycles. The third kappa shape index (κ3) is 4.37. The van der Waals surface area contributed by atoms with E-state index in [-0.39, 0.29) is 27.7 Å². The Morgan fingerprint density at radius 3 is 2.65 bits per heavy atom. The number of oxime groups is 1. The van der Waals surface area contributed by atoms with Crippen molar-refractivity contribution in [3.63, 3.8) is 0 Å². The van der Waals surface area contributed by atoms with Crippen molar-refractivity contribution >= 4 is 27.7 Å². The molecule has 26 heavy (non-hydrogen) atoms. The first-order valence-electron chi connectivity index (χ1n) is 7.68. The van der Waals surface area contributed by atoms with Gasteiger partial charge in [0.05, 0.1) is 4.47 Å². The second-order valence-corrected chi connectivity index (χ2v) is 7.07. The van der Waals surface area contributed by atoms with Crippen LogP contribution in [-0.2, 0) is 0 Å². The quantitative estimate of drug-likeness (QED) is 0.273. The van der Waals surface area contributed by atoms with E-state index in [1.54, 1.807) is 6.92 Å². The van der Waals surface area contributed by atoms with Gasteiger partial charge >= 0.3 is 6.18 Å². The first kappa shape index (κ1) is 20.3. The van der Waals surface area contributed by atoms with E-state index in [0.29, 0.717) is 0 Å². The van der Waals surface area contributed by atoms with Crippen LogP contribution in [0.5, 0.6) is 5.75 Å². The second-order valence-electron chi connectivity index (χ2n) is 6.22. The molecule has 144 valence electrons. The van der Waals surface area contributed by atoms with E-state index in [1.165, 1.54) is 6.20 Å². The Morgan fingerprint density at radius 2 is 2.15 bits per heavy atom. The van der Waals surface area contributed by atoms with Gasteiger partial charge in [-0.2, -0.15) is 13.2 Å². The lowest BCUT2D eigenvalue weighted by Gasteiger charge is -2.29. The van der Waals surface area contributed by atoms with Crippen molar-refractivity contribution in [3.05, 3.63) is 22.4 Å². The minimum atomic E-state index is -4.55. The summed E-state index contributed by atoms with van der Waals surface area (Å²) < 4.78 is 43.1. The lowest BCUT2D eigenvalue weighted by atomic mass is 9.94. The van der Waals surface area contributed by atoms with Gasteiger partial charge in [-0.3, -0.25) is 4.79 Å². The highest BCUT2D eigenvalue weighted by molar-refractivity contribution is 9.10. The van der Waals surface area contributed by atoms with Crippen molar-refractivity contribution in [1.82, 2.24) is 10.3 Å². The van der Waals surface area contributed by atoms with Gasteiger partial charge < -0.3 is 21.0 Å². The van der Waals surface area contributed by atoms with Crippen LogP contribution in [0.1, 0.15) is 37.2 Å². The molecule has 1 saturated carbocycles. The van der Waals surface area contributed by atoms with E-state index in [1.807, 2.05) is 0 Å². The Kier molecular flexibility index (Phi) is 5.69. The number of carbonyl (C=O) groups is 1. The van der Waals surface area contributed by atoms with E-state index in [0.717, 1.165) is 25.8 Å². The maximum atomic E-state index is 12.7. The minimum Gasteiger partial charge on any atom is -0.480 e. The monoisotopic (exact) mass is 438 g/mol. The molecule has 1 fully saturated rings. The standard InChI is InChI=1S/C15H18BrF3N4O3/c1-7(15(17,18)19)26-11-5-10(21-6-9(11)16)12(24)22-14(2,8-3-4-8)13(20)23-25/h5-8,25H,3-4H2,1-2H3,(H2,20,23)(H,22,24). The second kappa shape index (κ2) is 7.29. The number of pyridine rings is 1. The van der Waals surface area contributed by atoms with Crippen LogP contribution in [0.2, 0.25) is 0 Å². The van der Waals surface area contributed by atoms with Crippen molar-refractivity contribution in [2.45, 2.75) is 44.5 Å². The van der Waals surface area contributed by atoms with Crippen molar-refractivity contribution < 1.29 is 27.9 Å². The fourth-order valence-electron chi connectivity index (χ4n) is 2.33. The molecular formula is C15H18BrF3N4O3. The molecule has 1 aromatic rings. The number of halogens is 4. The molecule has 0 spiro atoms. The van der Waals surface area contributed by atoms with Gasteiger partial charge in [-0.05, 0) is 48.5 Å². The van der Waals surface area contributed by atoms with Crippen molar-refractivity contribution in [2.75, 3.05) is 0 Å². The highest BCUT2D eigenvalue weighted by Gasteiger charge is 2.46. The summed E-state index contributed by atoms with van der Waals surface area (Å²) in [6, 6.07) is 1.10. The zero-order valence-electron chi connectivity index (χ0n) is 14.0. The van der Waals surface area contributed by atoms with Crippen LogP contribution in [0, 0.1) is 5.92 Å². The Balaban J connectivity index is 2.23. The van der Waals surface area contributed by atoms with Gasteiger partial charge in [-0.1, -0.05) is 5.16 Å². The summed E-state index contributed by atoms with van der Waals surface area (Å²) in [5.74, 6) is -1.01. The van der Waals surface area contributed by atoms with Gasteiger partial charge in [-0.25, -0.2) is 4.98 Å². The summed E-state index contributed by atoms with van der Waals surface area (Å²) in [5, 5.41) is 14.6. The summed E-state index contributed by atoms with van der Waals surface area (Å²) in [4.78, 5) is 16.4. The van der Waals surface area contributed by atoms with Crippen LogP contribution >= 0.6 is 15.9 Å². The fourth-order valence-corrected chi connectivity index (χ4v) is 2.64. The predicted molar refractivity (Wildman–Crippen MR) is 90.1 cm³/mol. The SMILES string of the molecule is CC(Oc1cc(C(=O)NC(C)(C(N)=NO)C2CC2)ncc1Br)C(F)(F)F. The zero-order valence-corrected chi connectivity index (χ0v) is 15.6. The van der Waals surface area contributed by atoms with Crippen molar-refractivity contribution in [3.8, 4) is 5.75 Å². The number of nitrogens with two attached hydrogens (primary N) is 1. The van der Waals surface area contributed by atoms with Gasteiger partial charge in [0.1, 0.15) is 17.0 Å². The first-order chi connectivity index (χ1) is 12.0. The fraction of sp³-hybridized carbons (Fsp3) is 0.533. The Bertz CT molecular complexity index is 725. The molecule has 0 aliphatic heterocycles. The summed E-state index contributed by atoms with van der Waals surface area (Å²) >= 11 is 3.05. The Labute approximate surface area is 155 Å². The number of alkyl halides is 3. The lowest BCUT2D eigenvalue weighted by molar-refractivity contribution is -0.189. The van der Waals surface area contributed by atoms with Gasteiger partial charge in [-0.15, -0.1) is 0 Å². The van der Waals surface area contributed by atoms with Gasteiger partial charge in [0, 0.05) is 12.3 Å². The van der Waals surface area contributed by atoms with Crippen LogP contribution in [-0.4, -0.2) is 39.8 Å². The summed E-state index contributed by atoms with van der Waals surface area (Å²) in [6.45, 7) is 2.47. The number of ether oxygens (including phenoxy) is 1. The molecule has 0 radical (unpaired) electrons. The number of rotatable bonds is 6. The molecule has 1 amide bonds. The number of nitrogens with zero attached hydrogens (tertiary/aromatic N) is 2. The lowest BCUT2D eigenvalue weighted by Crippen LogP contribution is -2.57. The van der Waals surface area contributed by atoms with Crippen LogP contribution in [0.25, 0.3) is 0 Å². The smallest absolute Gasteiger partial charge is 0.425 e. The number of carbonyl (C=O) groups excluding carboxylic acids is 1. The molecule has 2 unspecified atom stereocenters. The molecule has 4 N–H and O–H groups in total. The van der Waals surface area contributed by atoms with E-state index in [2.05, 4.69) is 31.4 Å². The number of hydrogen-bond acceptors (Lipinski definition) is 5.